The van der Waals surface area contributed by atoms with Gasteiger partial charge in [-0.2, -0.15) is 0 Å². The highest BCUT2D eigenvalue weighted by molar-refractivity contribution is 5.96. The Balaban J connectivity index is 1.22. The molecule has 210 valence electrons. The van der Waals surface area contributed by atoms with Crippen molar-refractivity contribution >= 4 is 17.6 Å². The lowest BCUT2D eigenvalue weighted by Gasteiger charge is -2.36. The van der Waals surface area contributed by atoms with Gasteiger partial charge in [-0.15, -0.1) is 10.2 Å². The van der Waals surface area contributed by atoms with Gasteiger partial charge < -0.3 is 19.4 Å². The second kappa shape index (κ2) is 12.5. The van der Waals surface area contributed by atoms with E-state index in [1.165, 1.54) is 35.2 Å². The van der Waals surface area contributed by atoms with Gasteiger partial charge in [-0.3, -0.25) is 9.59 Å². The number of nitrogens with zero attached hydrogens (tertiary/aromatic N) is 5. The summed E-state index contributed by atoms with van der Waals surface area (Å²) >= 11 is 0. The van der Waals surface area contributed by atoms with Crippen LogP contribution in [0.3, 0.4) is 0 Å². The van der Waals surface area contributed by atoms with Gasteiger partial charge in [0.15, 0.2) is 5.82 Å². The molecular weight excluding hydrogens is 528 g/mol. The zero-order valence-electron chi connectivity index (χ0n) is 22.5. The molecule has 3 aromatic carbocycles. The molecule has 41 heavy (non-hydrogen) atoms. The Morgan fingerprint density at radius 3 is 2.22 bits per heavy atom. The molecule has 0 atom stereocenters. The zero-order chi connectivity index (χ0) is 28.8. The van der Waals surface area contributed by atoms with Crippen LogP contribution in [0.5, 0.6) is 5.75 Å². The molecule has 0 spiro atoms. The summed E-state index contributed by atoms with van der Waals surface area (Å²) in [6.07, 6.45) is 0. The Hall–Kier alpha value is -4.86. The molecule has 0 saturated carbocycles. The van der Waals surface area contributed by atoms with Crippen molar-refractivity contribution in [3.05, 3.63) is 108 Å². The Morgan fingerprint density at radius 2 is 1.59 bits per heavy atom. The summed E-state index contributed by atoms with van der Waals surface area (Å²) in [5, 5.41) is 8.75. The first kappa shape index (κ1) is 27.7. The molecular formula is C31H29F2N5O3. The van der Waals surface area contributed by atoms with Crippen molar-refractivity contribution in [2.45, 2.75) is 6.54 Å². The van der Waals surface area contributed by atoms with Crippen LogP contribution in [0.2, 0.25) is 0 Å². The number of ether oxygens (including phenoxy) is 1. The second-order valence-corrected chi connectivity index (χ2v) is 9.67. The van der Waals surface area contributed by atoms with Crippen LogP contribution in [0, 0.1) is 11.6 Å². The third kappa shape index (κ3) is 6.84. The Kier molecular flexibility index (Phi) is 8.47. The quantitative estimate of drug-likeness (QED) is 0.319. The standard InChI is InChI=1S/C31H29F2N5O3/c1-41-27-11-7-23(8-12-27)28-13-14-29(35-34-28)36-15-17-37(18-16-36)30(39)21-38(20-22-5-9-25(32)10-6-22)31(40)24-3-2-4-26(33)19-24/h2-14,19H,15-18,20-21H2,1H3. The van der Waals surface area contributed by atoms with Gasteiger partial charge in [0.25, 0.3) is 5.91 Å². The van der Waals surface area contributed by atoms with E-state index in [9.17, 15) is 18.4 Å². The number of methoxy groups -OCH3 is 1. The Morgan fingerprint density at radius 1 is 0.854 bits per heavy atom. The number of benzene rings is 3. The summed E-state index contributed by atoms with van der Waals surface area (Å²) in [6.45, 7) is 1.88. The largest absolute Gasteiger partial charge is 0.497 e. The molecule has 1 aromatic heterocycles. The van der Waals surface area contributed by atoms with Gasteiger partial charge in [0.05, 0.1) is 12.8 Å². The molecule has 0 radical (unpaired) electrons. The van der Waals surface area contributed by atoms with Crippen LogP contribution in [0.25, 0.3) is 11.3 Å². The number of hydrogen-bond acceptors (Lipinski definition) is 6. The summed E-state index contributed by atoms with van der Waals surface area (Å²) in [5.41, 5.74) is 2.47. The van der Waals surface area contributed by atoms with Gasteiger partial charge in [-0.05, 0) is 72.3 Å². The number of amides is 2. The first-order chi connectivity index (χ1) is 19.9. The number of carbonyl (C=O) groups is 2. The molecule has 2 heterocycles. The van der Waals surface area contributed by atoms with Crippen molar-refractivity contribution in [3.63, 3.8) is 0 Å². The lowest BCUT2D eigenvalue weighted by atomic mass is 10.1. The lowest BCUT2D eigenvalue weighted by molar-refractivity contribution is -0.132. The van der Waals surface area contributed by atoms with Crippen molar-refractivity contribution in [2.75, 3.05) is 44.7 Å². The van der Waals surface area contributed by atoms with E-state index in [1.807, 2.05) is 36.4 Å². The van der Waals surface area contributed by atoms with Gasteiger partial charge in [-0.1, -0.05) is 18.2 Å². The van der Waals surface area contributed by atoms with E-state index in [0.29, 0.717) is 37.6 Å². The summed E-state index contributed by atoms with van der Waals surface area (Å²) in [7, 11) is 1.62. The number of piperazine rings is 1. The molecule has 0 bridgehead atoms. The summed E-state index contributed by atoms with van der Waals surface area (Å²) in [5.74, 6) is -0.160. The zero-order valence-corrected chi connectivity index (χ0v) is 22.5. The molecule has 5 rings (SSSR count). The van der Waals surface area contributed by atoms with E-state index in [-0.39, 0.29) is 24.6 Å². The van der Waals surface area contributed by atoms with Crippen LogP contribution in [0.1, 0.15) is 15.9 Å². The third-order valence-electron chi connectivity index (χ3n) is 6.96. The number of rotatable bonds is 8. The smallest absolute Gasteiger partial charge is 0.254 e. The maximum atomic E-state index is 13.8. The highest BCUT2D eigenvalue weighted by Crippen LogP contribution is 2.22. The maximum absolute atomic E-state index is 13.8. The molecule has 1 saturated heterocycles. The normalized spacial score (nSPS) is 13.1. The number of aromatic nitrogens is 2. The van der Waals surface area contributed by atoms with Crippen molar-refractivity contribution < 1.29 is 23.1 Å². The first-order valence-electron chi connectivity index (χ1n) is 13.2. The Labute approximate surface area is 236 Å². The fourth-order valence-corrected chi connectivity index (χ4v) is 4.67. The summed E-state index contributed by atoms with van der Waals surface area (Å²) < 4.78 is 32.4. The minimum Gasteiger partial charge on any atom is -0.497 e. The average Bonchev–Trinajstić information content (AvgIpc) is 3.01. The van der Waals surface area contributed by atoms with Crippen LogP contribution < -0.4 is 9.64 Å². The van der Waals surface area contributed by atoms with Crippen molar-refractivity contribution in [3.8, 4) is 17.0 Å². The SMILES string of the molecule is COc1ccc(-c2ccc(N3CCN(C(=O)CN(Cc4ccc(F)cc4)C(=O)c4cccc(F)c4)CC3)nn2)cc1. The van der Waals surface area contributed by atoms with Gasteiger partial charge in [0, 0.05) is 43.9 Å². The number of anilines is 1. The van der Waals surface area contributed by atoms with Crippen LogP contribution in [-0.2, 0) is 11.3 Å². The summed E-state index contributed by atoms with van der Waals surface area (Å²) in [6, 6.07) is 22.5. The van der Waals surface area contributed by atoms with Crippen LogP contribution in [0.15, 0.2) is 84.9 Å². The second-order valence-electron chi connectivity index (χ2n) is 9.67. The Bertz CT molecular complexity index is 1490. The molecule has 0 aliphatic carbocycles. The molecule has 0 N–H and O–H groups in total. The first-order valence-corrected chi connectivity index (χ1v) is 13.2. The molecule has 1 fully saturated rings. The van der Waals surface area contributed by atoms with E-state index >= 15 is 0 Å². The minimum absolute atomic E-state index is 0.0808. The molecule has 1 aliphatic heterocycles. The van der Waals surface area contributed by atoms with Crippen molar-refractivity contribution in [1.29, 1.82) is 0 Å². The van der Waals surface area contributed by atoms with E-state index < -0.39 is 17.5 Å². The van der Waals surface area contributed by atoms with Crippen LogP contribution >= 0.6 is 0 Å². The van der Waals surface area contributed by atoms with E-state index in [2.05, 4.69) is 15.1 Å². The highest BCUT2D eigenvalue weighted by atomic mass is 19.1. The van der Waals surface area contributed by atoms with E-state index in [4.69, 9.17) is 4.74 Å². The van der Waals surface area contributed by atoms with Gasteiger partial charge in [0.1, 0.15) is 23.9 Å². The maximum Gasteiger partial charge on any atom is 0.254 e. The molecule has 2 amide bonds. The van der Waals surface area contributed by atoms with Crippen molar-refractivity contribution in [2.24, 2.45) is 0 Å². The molecule has 0 unspecified atom stereocenters. The topological polar surface area (TPSA) is 78.9 Å². The van der Waals surface area contributed by atoms with Gasteiger partial charge in [0.2, 0.25) is 5.91 Å². The fourth-order valence-electron chi connectivity index (χ4n) is 4.67. The molecule has 1 aliphatic rings. The summed E-state index contributed by atoms with van der Waals surface area (Å²) in [4.78, 5) is 31.7. The van der Waals surface area contributed by atoms with E-state index in [0.717, 1.165) is 23.1 Å². The average molecular weight is 558 g/mol. The van der Waals surface area contributed by atoms with Gasteiger partial charge >= 0.3 is 0 Å². The number of carbonyl (C=O) groups excluding carboxylic acids is 2. The van der Waals surface area contributed by atoms with Crippen LogP contribution in [0.4, 0.5) is 14.6 Å². The van der Waals surface area contributed by atoms with Gasteiger partial charge in [-0.25, -0.2) is 8.78 Å². The predicted molar refractivity (Wildman–Crippen MR) is 150 cm³/mol. The molecule has 8 nitrogen and oxygen atoms in total. The number of halogens is 2. The van der Waals surface area contributed by atoms with Crippen molar-refractivity contribution in [1.82, 2.24) is 20.0 Å². The monoisotopic (exact) mass is 557 g/mol. The number of hydrogen-bond donors (Lipinski definition) is 0. The van der Waals surface area contributed by atoms with E-state index in [1.54, 1.807) is 24.1 Å². The predicted octanol–water partition coefficient (Wildman–Crippen LogP) is 4.42. The molecule has 4 aromatic rings. The highest BCUT2D eigenvalue weighted by Gasteiger charge is 2.26. The third-order valence-corrected chi connectivity index (χ3v) is 6.96. The molecule has 10 heteroatoms. The minimum atomic E-state index is -0.542. The fraction of sp³-hybridized carbons (Fsp3) is 0.226. The van der Waals surface area contributed by atoms with Crippen LogP contribution in [-0.4, -0.2) is 71.6 Å². The lowest BCUT2D eigenvalue weighted by Crippen LogP contribution is -2.52.